The Labute approximate surface area is 145 Å². The third-order valence-electron chi connectivity index (χ3n) is 3.90. The van der Waals surface area contributed by atoms with E-state index in [0.29, 0.717) is 11.6 Å². The third kappa shape index (κ3) is 5.04. The van der Waals surface area contributed by atoms with Crippen molar-refractivity contribution in [1.82, 2.24) is 9.80 Å². The van der Waals surface area contributed by atoms with E-state index in [1.54, 1.807) is 23.5 Å². The molecule has 0 atom stereocenters. The number of carbonyl (C=O) groups excluding carboxylic acids is 1. The van der Waals surface area contributed by atoms with E-state index in [1.807, 2.05) is 12.1 Å². The van der Waals surface area contributed by atoms with E-state index in [9.17, 15) is 4.79 Å². The molecule has 0 saturated carbocycles. The molecule has 1 fully saturated rings. The van der Waals surface area contributed by atoms with Crippen LogP contribution in [0.3, 0.4) is 0 Å². The molecule has 0 aliphatic carbocycles. The molecule has 2 aromatic rings. The summed E-state index contributed by atoms with van der Waals surface area (Å²) in [6.45, 7) is 5.30. The molecular formula is C17H20ClN3OS. The van der Waals surface area contributed by atoms with Crippen LogP contribution in [0.4, 0.5) is 5.69 Å². The second kappa shape index (κ2) is 7.93. The van der Waals surface area contributed by atoms with E-state index in [1.165, 1.54) is 4.88 Å². The number of benzene rings is 1. The molecule has 0 radical (unpaired) electrons. The van der Waals surface area contributed by atoms with Crippen molar-refractivity contribution < 1.29 is 4.79 Å². The highest BCUT2D eigenvalue weighted by Crippen LogP contribution is 2.15. The molecule has 1 aromatic heterocycles. The number of hydrogen-bond donors (Lipinski definition) is 1. The van der Waals surface area contributed by atoms with Crippen molar-refractivity contribution in [3.8, 4) is 0 Å². The maximum absolute atomic E-state index is 12.1. The molecule has 1 aromatic carbocycles. The lowest BCUT2D eigenvalue weighted by Crippen LogP contribution is -2.48. The zero-order valence-electron chi connectivity index (χ0n) is 12.9. The number of anilines is 1. The fourth-order valence-electron chi connectivity index (χ4n) is 2.70. The van der Waals surface area contributed by atoms with Crippen LogP contribution in [0.15, 0.2) is 41.8 Å². The van der Waals surface area contributed by atoms with Gasteiger partial charge in [-0.25, -0.2) is 0 Å². The first-order valence-electron chi connectivity index (χ1n) is 7.71. The molecule has 0 spiro atoms. The number of halogens is 1. The predicted molar refractivity (Wildman–Crippen MR) is 96.1 cm³/mol. The lowest BCUT2D eigenvalue weighted by atomic mass is 10.3. The molecule has 2 heterocycles. The topological polar surface area (TPSA) is 35.6 Å². The summed E-state index contributed by atoms with van der Waals surface area (Å²) in [5, 5.41) is 5.65. The first-order chi connectivity index (χ1) is 11.2. The summed E-state index contributed by atoms with van der Waals surface area (Å²) in [5.74, 6) is 0.0129. The average molecular weight is 350 g/mol. The molecule has 122 valence electrons. The van der Waals surface area contributed by atoms with Crippen LogP contribution in [-0.2, 0) is 11.3 Å². The van der Waals surface area contributed by atoms with Crippen LogP contribution >= 0.6 is 22.9 Å². The zero-order valence-corrected chi connectivity index (χ0v) is 14.4. The number of nitrogens with one attached hydrogen (secondary N) is 1. The van der Waals surface area contributed by atoms with Crippen LogP contribution in [-0.4, -0.2) is 48.4 Å². The third-order valence-corrected chi connectivity index (χ3v) is 5.00. The van der Waals surface area contributed by atoms with Gasteiger partial charge in [-0.3, -0.25) is 14.6 Å². The van der Waals surface area contributed by atoms with Crippen molar-refractivity contribution >= 4 is 34.5 Å². The summed E-state index contributed by atoms with van der Waals surface area (Å²) in [6, 6.07) is 11.5. The van der Waals surface area contributed by atoms with Gasteiger partial charge in [0.1, 0.15) is 0 Å². The minimum absolute atomic E-state index is 0.0129. The molecule has 6 heteroatoms. The Bertz CT molecular complexity index is 639. The van der Waals surface area contributed by atoms with Gasteiger partial charge in [0, 0.05) is 48.3 Å². The van der Waals surface area contributed by atoms with Crippen LogP contribution in [0.1, 0.15) is 4.88 Å². The van der Waals surface area contributed by atoms with E-state index < -0.39 is 0 Å². The van der Waals surface area contributed by atoms with E-state index in [0.717, 1.165) is 38.4 Å². The second-order valence-corrected chi connectivity index (χ2v) is 7.16. The highest BCUT2D eigenvalue weighted by Gasteiger charge is 2.19. The fraction of sp³-hybridized carbons (Fsp3) is 0.353. The highest BCUT2D eigenvalue weighted by atomic mass is 35.5. The van der Waals surface area contributed by atoms with Gasteiger partial charge in [-0.1, -0.05) is 23.7 Å². The van der Waals surface area contributed by atoms with Crippen LogP contribution in [0.2, 0.25) is 5.02 Å². The summed E-state index contributed by atoms with van der Waals surface area (Å²) in [5.41, 5.74) is 0.749. The van der Waals surface area contributed by atoms with Crippen molar-refractivity contribution in [2.24, 2.45) is 0 Å². The number of hydrogen-bond acceptors (Lipinski definition) is 4. The average Bonchev–Trinajstić information content (AvgIpc) is 3.02. The molecule has 1 aliphatic rings. The molecule has 1 N–H and O–H groups in total. The molecule has 3 rings (SSSR count). The number of carbonyl (C=O) groups is 1. The van der Waals surface area contributed by atoms with Crippen LogP contribution < -0.4 is 5.32 Å². The summed E-state index contributed by atoms with van der Waals surface area (Å²) in [6.07, 6.45) is 0. The van der Waals surface area contributed by atoms with Gasteiger partial charge >= 0.3 is 0 Å². The largest absolute Gasteiger partial charge is 0.325 e. The lowest BCUT2D eigenvalue weighted by molar-refractivity contribution is -0.117. The standard InChI is InChI=1S/C17H20ClN3OS/c18-14-3-1-4-15(11-14)19-17(22)13-21-8-6-20(7-9-21)12-16-5-2-10-23-16/h1-5,10-11H,6-9,12-13H2,(H,19,22). The van der Waals surface area contributed by atoms with Gasteiger partial charge in [-0.15, -0.1) is 11.3 Å². The van der Waals surface area contributed by atoms with Crippen LogP contribution in [0.5, 0.6) is 0 Å². The Kier molecular flexibility index (Phi) is 5.67. The van der Waals surface area contributed by atoms with Crippen LogP contribution in [0, 0.1) is 0 Å². The molecular weight excluding hydrogens is 330 g/mol. The Morgan fingerprint density at radius 2 is 1.91 bits per heavy atom. The molecule has 0 bridgehead atoms. The highest BCUT2D eigenvalue weighted by molar-refractivity contribution is 7.09. The van der Waals surface area contributed by atoms with E-state index in [4.69, 9.17) is 11.6 Å². The van der Waals surface area contributed by atoms with Gasteiger partial charge in [-0.2, -0.15) is 0 Å². The number of nitrogens with zero attached hydrogens (tertiary/aromatic N) is 2. The summed E-state index contributed by atoms with van der Waals surface area (Å²) >= 11 is 7.73. The van der Waals surface area contributed by atoms with Crippen molar-refractivity contribution in [3.05, 3.63) is 51.7 Å². The fourth-order valence-corrected chi connectivity index (χ4v) is 3.63. The van der Waals surface area contributed by atoms with E-state index in [2.05, 4.69) is 32.6 Å². The Hall–Kier alpha value is -1.40. The minimum atomic E-state index is 0.0129. The molecule has 1 saturated heterocycles. The first kappa shape index (κ1) is 16.5. The predicted octanol–water partition coefficient (Wildman–Crippen LogP) is 3.16. The van der Waals surface area contributed by atoms with Gasteiger partial charge in [-0.05, 0) is 29.6 Å². The maximum Gasteiger partial charge on any atom is 0.238 e. The van der Waals surface area contributed by atoms with Crippen molar-refractivity contribution in [2.75, 3.05) is 38.0 Å². The summed E-state index contributed by atoms with van der Waals surface area (Å²) in [4.78, 5) is 18.2. The lowest BCUT2D eigenvalue weighted by Gasteiger charge is -2.34. The molecule has 1 amide bonds. The van der Waals surface area contributed by atoms with E-state index >= 15 is 0 Å². The van der Waals surface area contributed by atoms with Crippen molar-refractivity contribution in [3.63, 3.8) is 0 Å². The van der Waals surface area contributed by atoms with Gasteiger partial charge in [0.15, 0.2) is 0 Å². The Morgan fingerprint density at radius 3 is 2.61 bits per heavy atom. The number of thiophene rings is 1. The summed E-state index contributed by atoms with van der Waals surface area (Å²) < 4.78 is 0. The molecule has 1 aliphatic heterocycles. The normalized spacial score (nSPS) is 16.4. The zero-order chi connectivity index (χ0) is 16.1. The second-order valence-electron chi connectivity index (χ2n) is 5.69. The molecule has 0 unspecified atom stereocenters. The monoisotopic (exact) mass is 349 g/mol. The smallest absolute Gasteiger partial charge is 0.238 e. The number of rotatable bonds is 5. The number of piperazine rings is 1. The molecule has 4 nitrogen and oxygen atoms in total. The maximum atomic E-state index is 12.1. The van der Waals surface area contributed by atoms with Crippen molar-refractivity contribution in [1.29, 1.82) is 0 Å². The summed E-state index contributed by atoms with van der Waals surface area (Å²) in [7, 11) is 0. The van der Waals surface area contributed by atoms with E-state index in [-0.39, 0.29) is 5.91 Å². The Balaban J connectivity index is 1.42. The number of amides is 1. The molecule has 23 heavy (non-hydrogen) atoms. The van der Waals surface area contributed by atoms with Gasteiger partial charge in [0.05, 0.1) is 6.54 Å². The van der Waals surface area contributed by atoms with Gasteiger partial charge in [0.25, 0.3) is 0 Å². The quantitative estimate of drug-likeness (QED) is 0.900. The minimum Gasteiger partial charge on any atom is -0.325 e. The Morgan fingerprint density at radius 1 is 1.13 bits per heavy atom. The SMILES string of the molecule is O=C(CN1CCN(Cc2cccs2)CC1)Nc1cccc(Cl)c1. The first-order valence-corrected chi connectivity index (χ1v) is 8.97. The van der Waals surface area contributed by atoms with Crippen LogP contribution in [0.25, 0.3) is 0 Å². The van der Waals surface area contributed by atoms with Gasteiger partial charge < -0.3 is 5.32 Å². The van der Waals surface area contributed by atoms with Crippen molar-refractivity contribution in [2.45, 2.75) is 6.54 Å². The van der Waals surface area contributed by atoms with Gasteiger partial charge in [0.2, 0.25) is 5.91 Å².